The second kappa shape index (κ2) is 4.89. The van der Waals surface area contributed by atoms with Crippen molar-refractivity contribution in [1.82, 2.24) is 0 Å². The van der Waals surface area contributed by atoms with Gasteiger partial charge in [0, 0.05) is 6.42 Å². The molecule has 2 unspecified atom stereocenters. The van der Waals surface area contributed by atoms with Crippen LogP contribution >= 0.6 is 0 Å². The predicted octanol–water partition coefficient (Wildman–Crippen LogP) is 2.26. The Hall–Kier alpha value is -1.33. The molecule has 0 spiro atoms. The summed E-state index contributed by atoms with van der Waals surface area (Å²) in [5, 5.41) is 0. The van der Waals surface area contributed by atoms with Crippen molar-refractivity contribution in [2.24, 2.45) is 11.8 Å². The molecule has 1 rings (SSSR count). The van der Waals surface area contributed by atoms with Gasteiger partial charge < -0.3 is 4.74 Å². The van der Waals surface area contributed by atoms with E-state index in [1.165, 1.54) is 13.8 Å². The molecule has 0 saturated heterocycles. The van der Waals surface area contributed by atoms with Gasteiger partial charge in [0.1, 0.15) is 0 Å². The zero-order valence-corrected chi connectivity index (χ0v) is 9.50. The lowest BCUT2D eigenvalue weighted by atomic mass is 9.78. The maximum Gasteiger partial charge on any atom is 0.393 e. The normalized spacial score (nSPS) is 25.5. The second-order valence-electron chi connectivity index (χ2n) is 3.94. The summed E-state index contributed by atoms with van der Waals surface area (Å²) in [7, 11) is 0. The van der Waals surface area contributed by atoms with E-state index in [1.54, 1.807) is 0 Å². The fraction of sp³-hybridized carbons (Fsp3) is 0.636. The predicted molar refractivity (Wildman–Crippen MR) is 53.0 cm³/mol. The van der Waals surface area contributed by atoms with Crippen molar-refractivity contribution >= 4 is 11.8 Å². The standard InChI is InChI=1S/C11H13F3O3/c1-3-17-10(16)9-6(2)4-7(15)5-8(9)11(12,13)14/h4,8-9H,3,5H2,1-2H3. The van der Waals surface area contributed by atoms with Crippen molar-refractivity contribution in [1.29, 1.82) is 0 Å². The SMILES string of the molecule is CCOC(=O)C1C(C)=CC(=O)CC1C(F)(F)F. The lowest BCUT2D eigenvalue weighted by Crippen LogP contribution is -2.40. The molecule has 0 amide bonds. The first-order chi connectivity index (χ1) is 7.77. The number of rotatable bonds is 2. The summed E-state index contributed by atoms with van der Waals surface area (Å²) in [6.07, 6.45) is -4.18. The molecule has 1 aliphatic rings. The molecule has 2 atom stereocenters. The maximum atomic E-state index is 12.8. The molecular weight excluding hydrogens is 237 g/mol. The van der Waals surface area contributed by atoms with E-state index in [2.05, 4.69) is 4.74 Å². The number of esters is 1. The largest absolute Gasteiger partial charge is 0.466 e. The number of allylic oxidation sites excluding steroid dienone is 1. The van der Waals surface area contributed by atoms with Crippen LogP contribution in [-0.4, -0.2) is 24.5 Å². The molecule has 1 aliphatic carbocycles. The summed E-state index contributed by atoms with van der Waals surface area (Å²) in [5.41, 5.74) is 0.113. The molecular formula is C11H13F3O3. The van der Waals surface area contributed by atoms with E-state index in [4.69, 9.17) is 0 Å². The molecule has 0 bridgehead atoms. The third-order valence-electron chi connectivity index (χ3n) is 2.66. The van der Waals surface area contributed by atoms with Crippen molar-refractivity contribution in [2.45, 2.75) is 26.4 Å². The molecule has 0 heterocycles. The van der Waals surface area contributed by atoms with Gasteiger partial charge in [-0.05, 0) is 19.9 Å². The van der Waals surface area contributed by atoms with Crippen molar-refractivity contribution in [2.75, 3.05) is 6.61 Å². The van der Waals surface area contributed by atoms with Gasteiger partial charge in [0.15, 0.2) is 5.78 Å². The number of alkyl halides is 3. The fourth-order valence-corrected chi connectivity index (χ4v) is 1.94. The Morgan fingerprint density at radius 3 is 2.59 bits per heavy atom. The Morgan fingerprint density at radius 2 is 2.12 bits per heavy atom. The molecule has 0 radical (unpaired) electrons. The zero-order valence-electron chi connectivity index (χ0n) is 9.50. The molecule has 96 valence electrons. The number of halogens is 3. The Bertz CT molecular complexity index is 357. The monoisotopic (exact) mass is 250 g/mol. The average Bonchev–Trinajstić information content (AvgIpc) is 2.15. The van der Waals surface area contributed by atoms with Crippen LogP contribution in [0.3, 0.4) is 0 Å². The number of carbonyl (C=O) groups excluding carboxylic acids is 2. The van der Waals surface area contributed by atoms with Crippen LogP contribution in [-0.2, 0) is 14.3 Å². The minimum atomic E-state index is -4.58. The lowest BCUT2D eigenvalue weighted by molar-refractivity contribution is -0.197. The van der Waals surface area contributed by atoms with Gasteiger partial charge in [0.05, 0.1) is 18.4 Å². The number of hydrogen-bond donors (Lipinski definition) is 0. The van der Waals surface area contributed by atoms with E-state index in [1.807, 2.05) is 0 Å². The number of ketones is 1. The smallest absolute Gasteiger partial charge is 0.393 e. The highest BCUT2D eigenvalue weighted by Crippen LogP contribution is 2.41. The maximum absolute atomic E-state index is 12.8. The topological polar surface area (TPSA) is 43.4 Å². The van der Waals surface area contributed by atoms with Crippen LogP contribution in [0.5, 0.6) is 0 Å². The first-order valence-electron chi connectivity index (χ1n) is 5.21. The van der Waals surface area contributed by atoms with Gasteiger partial charge in [-0.25, -0.2) is 0 Å². The summed E-state index contributed by atoms with van der Waals surface area (Å²) in [5.74, 6) is -4.90. The van der Waals surface area contributed by atoms with E-state index in [9.17, 15) is 22.8 Å². The molecule has 0 saturated carbocycles. The quantitative estimate of drug-likeness (QED) is 0.706. The Kier molecular flexibility index (Phi) is 3.95. The van der Waals surface area contributed by atoms with E-state index in [0.29, 0.717) is 0 Å². The summed E-state index contributed by atoms with van der Waals surface area (Å²) in [4.78, 5) is 22.6. The highest BCUT2D eigenvalue weighted by Gasteiger charge is 2.50. The molecule has 0 aromatic rings. The van der Waals surface area contributed by atoms with Crippen LogP contribution in [0.4, 0.5) is 13.2 Å². The lowest BCUT2D eigenvalue weighted by Gasteiger charge is -2.30. The van der Waals surface area contributed by atoms with Crippen molar-refractivity contribution in [3.8, 4) is 0 Å². The third-order valence-corrected chi connectivity index (χ3v) is 2.66. The second-order valence-corrected chi connectivity index (χ2v) is 3.94. The summed E-state index contributed by atoms with van der Waals surface area (Å²) < 4.78 is 42.9. The van der Waals surface area contributed by atoms with Crippen LogP contribution < -0.4 is 0 Å². The Morgan fingerprint density at radius 1 is 1.53 bits per heavy atom. The average molecular weight is 250 g/mol. The highest BCUT2D eigenvalue weighted by atomic mass is 19.4. The summed E-state index contributed by atoms with van der Waals surface area (Å²) in [6.45, 7) is 2.88. The highest BCUT2D eigenvalue weighted by molar-refractivity contribution is 5.94. The molecule has 0 aromatic carbocycles. The molecule has 0 aliphatic heterocycles. The molecule has 17 heavy (non-hydrogen) atoms. The summed E-state index contributed by atoms with van der Waals surface area (Å²) in [6, 6.07) is 0. The molecule has 0 fully saturated rings. The van der Waals surface area contributed by atoms with Crippen LogP contribution in [0.1, 0.15) is 20.3 Å². The van der Waals surface area contributed by atoms with Gasteiger partial charge in [-0.3, -0.25) is 9.59 Å². The first kappa shape index (κ1) is 13.7. The van der Waals surface area contributed by atoms with E-state index >= 15 is 0 Å². The van der Waals surface area contributed by atoms with Gasteiger partial charge in [-0.15, -0.1) is 0 Å². The molecule has 3 nitrogen and oxygen atoms in total. The number of ether oxygens (including phenoxy) is 1. The van der Waals surface area contributed by atoms with Crippen molar-refractivity contribution in [3.63, 3.8) is 0 Å². The summed E-state index contributed by atoms with van der Waals surface area (Å²) >= 11 is 0. The number of carbonyl (C=O) groups is 2. The molecule has 6 heteroatoms. The van der Waals surface area contributed by atoms with E-state index < -0.39 is 36.2 Å². The minimum absolute atomic E-state index is 0.0150. The Balaban J connectivity index is 3.06. The molecule has 0 aromatic heterocycles. The third kappa shape index (κ3) is 3.08. The van der Waals surface area contributed by atoms with Gasteiger partial charge in [-0.1, -0.05) is 5.57 Å². The fourth-order valence-electron chi connectivity index (χ4n) is 1.94. The van der Waals surface area contributed by atoms with E-state index in [-0.39, 0.29) is 12.2 Å². The van der Waals surface area contributed by atoms with Gasteiger partial charge in [-0.2, -0.15) is 13.2 Å². The van der Waals surface area contributed by atoms with Gasteiger partial charge in [0.2, 0.25) is 0 Å². The minimum Gasteiger partial charge on any atom is -0.466 e. The van der Waals surface area contributed by atoms with Gasteiger partial charge >= 0.3 is 12.1 Å². The van der Waals surface area contributed by atoms with Crippen LogP contribution in [0.15, 0.2) is 11.6 Å². The molecule has 0 N–H and O–H groups in total. The Labute approximate surface area is 96.6 Å². The van der Waals surface area contributed by atoms with Crippen LogP contribution in [0.2, 0.25) is 0 Å². The first-order valence-corrected chi connectivity index (χ1v) is 5.21. The number of hydrogen-bond acceptors (Lipinski definition) is 3. The van der Waals surface area contributed by atoms with Crippen LogP contribution in [0, 0.1) is 11.8 Å². The van der Waals surface area contributed by atoms with Crippen molar-refractivity contribution < 1.29 is 27.5 Å². The van der Waals surface area contributed by atoms with Crippen LogP contribution in [0.25, 0.3) is 0 Å². The van der Waals surface area contributed by atoms with Gasteiger partial charge in [0.25, 0.3) is 0 Å². The van der Waals surface area contributed by atoms with Crippen molar-refractivity contribution in [3.05, 3.63) is 11.6 Å². The van der Waals surface area contributed by atoms with E-state index in [0.717, 1.165) is 6.08 Å². The zero-order chi connectivity index (χ0) is 13.2.